The van der Waals surface area contributed by atoms with Crippen LogP contribution in [0.25, 0.3) is 0 Å². The normalized spacial score (nSPS) is 15.2. The summed E-state index contributed by atoms with van der Waals surface area (Å²) in [6.07, 6.45) is 3.77. The summed E-state index contributed by atoms with van der Waals surface area (Å²) < 4.78 is 4.55. The van der Waals surface area contributed by atoms with Crippen molar-refractivity contribution in [3.8, 4) is 6.07 Å². The average Bonchev–Trinajstić information content (AvgIpc) is 2.19. The first-order chi connectivity index (χ1) is 7.49. The van der Waals surface area contributed by atoms with Crippen molar-refractivity contribution in [2.75, 3.05) is 13.1 Å². The van der Waals surface area contributed by atoms with Crippen LogP contribution in [0.1, 0.15) is 33.6 Å². The zero-order chi connectivity index (χ0) is 12.4. The number of carbonyl (C=O) groups excluding carboxylic acids is 1. The summed E-state index contributed by atoms with van der Waals surface area (Å²) in [5.74, 6) is 0. The third kappa shape index (κ3) is 9.22. The van der Waals surface area contributed by atoms with Crippen molar-refractivity contribution in [3.63, 3.8) is 0 Å². The van der Waals surface area contributed by atoms with Gasteiger partial charge in [0.05, 0.1) is 6.07 Å². The van der Waals surface area contributed by atoms with Crippen molar-refractivity contribution >= 4 is 6.47 Å². The molecule has 1 N–H and O–H groups in total. The Morgan fingerprint density at radius 1 is 1.38 bits per heavy atom. The summed E-state index contributed by atoms with van der Waals surface area (Å²) in [7, 11) is 0. The van der Waals surface area contributed by atoms with Crippen LogP contribution in [-0.2, 0) is 9.53 Å². The highest BCUT2D eigenvalue weighted by molar-refractivity contribution is 5.37. The van der Waals surface area contributed by atoms with Crippen molar-refractivity contribution in [1.82, 2.24) is 5.32 Å². The van der Waals surface area contributed by atoms with Gasteiger partial charge in [-0.25, -0.2) is 0 Å². The lowest BCUT2D eigenvalue weighted by Gasteiger charge is -2.14. The second kappa shape index (κ2) is 7.89. The molecule has 0 aromatic carbocycles. The number of carbonyl (C=O) groups is 1. The van der Waals surface area contributed by atoms with Gasteiger partial charge in [-0.1, -0.05) is 5.57 Å². The molecule has 1 fully saturated rings. The minimum absolute atomic E-state index is 0.318. The Labute approximate surface area is 97.3 Å². The number of nitriles is 1. The molecule has 0 saturated carbocycles. The molecule has 4 nitrogen and oxygen atoms in total. The van der Waals surface area contributed by atoms with E-state index in [1.54, 1.807) is 6.08 Å². The number of nitrogens with one attached hydrogen (secondary N) is 1. The van der Waals surface area contributed by atoms with Gasteiger partial charge in [0.1, 0.15) is 5.60 Å². The molecule has 0 aliphatic carbocycles. The van der Waals surface area contributed by atoms with E-state index in [2.05, 4.69) is 10.1 Å². The van der Waals surface area contributed by atoms with Crippen molar-refractivity contribution < 1.29 is 9.53 Å². The second-order valence-electron chi connectivity index (χ2n) is 4.51. The number of ether oxygens (including phenoxy) is 1. The number of hydrogen-bond acceptors (Lipinski definition) is 4. The van der Waals surface area contributed by atoms with Gasteiger partial charge < -0.3 is 10.1 Å². The first-order valence-corrected chi connectivity index (χ1v) is 5.39. The lowest BCUT2D eigenvalue weighted by Crippen LogP contribution is -2.22. The zero-order valence-electron chi connectivity index (χ0n) is 10.2. The van der Waals surface area contributed by atoms with Crippen LogP contribution in [0.4, 0.5) is 0 Å². The van der Waals surface area contributed by atoms with Crippen LogP contribution in [0.5, 0.6) is 0 Å². The quantitative estimate of drug-likeness (QED) is 0.544. The molecule has 1 aliphatic rings. The molecule has 0 unspecified atom stereocenters. The summed E-state index contributed by atoms with van der Waals surface area (Å²) in [5.41, 5.74) is 0.970. The summed E-state index contributed by atoms with van der Waals surface area (Å²) in [6, 6.07) is 2.05. The predicted octanol–water partition coefficient (Wildman–Crippen LogP) is 1.78. The monoisotopic (exact) mass is 224 g/mol. The fourth-order valence-electron chi connectivity index (χ4n) is 1.13. The van der Waals surface area contributed by atoms with Gasteiger partial charge in [-0.15, -0.1) is 0 Å². The van der Waals surface area contributed by atoms with Gasteiger partial charge in [0, 0.05) is 6.08 Å². The highest BCUT2D eigenvalue weighted by Crippen LogP contribution is 2.08. The topological polar surface area (TPSA) is 62.1 Å². The maximum absolute atomic E-state index is 9.60. The van der Waals surface area contributed by atoms with Crippen LogP contribution in [0.2, 0.25) is 0 Å². The minimum Gasteiger partial charge on any atom is -0.462 e. The van der Waals surface area contributed by atoms with Crippen LogP contribution in [0, 0.1) is 11.3 Å². The molecule has 0 bridgehead atoms. The lowest BCUT2D eigenvalue weighted by molar-refractivity contribution is -0.138. The number of nitrogens with zero attached hydrogens (tertiary/aromatic N) is 1. The van der Waals surface area contributed by atoms with E-state index in [4.69, 9.17) is 5.26 Å². The third-order valence-electron chi connectivity index (χ3n) is 1.92. The summed E-state index contributed by atoms with van der Waals surface area (Å²) in [6.45, 7) is 7.99. The van der Waals surface area contributed by atoms with Gasteiger partial charge in [0.15, 0.2) is 0 Å². The number of hydrogen-bond donors (Lipinski definition) is 1. The second-order valence-corrected chi connectivity index (χ2v) is 4.51. The van der Waals surface area contributed by atoms with E-state index in [-0.39, 0.29) is 5.60 Å². The molecular formula is C12H20N2O2. The molecule has 1 saturated heterocycles. The van der Waals surface area contributed by atoms with Gasteiger partial charge in [-0.3, -0.25) is 4.79 Å². The van der Waals surface area contributed by atoms with E-state index < -0.39 is 0 Å². The smallest absolute Gasteiger partial charge is 0.293 e. The largest absolute Gasteiger partial charge is 0.462 e. The van der Waals surface area contributed by atoms with Crippen LogP contribution in [-0.4, -0.2) is 25.2 Å². The van der Waals surface area contributed by atoms with Crippen LogP contribution in [0.15, 0.2) is 11.6 Å². The molecule has 0 aromatic heterocycles. The highest BCUT2D eigenvalue weighted by atomic mass is 16.5. The summed E-state index contributed by atoms with van der Waals surface area (Å²) in [5, 5.41) is 11.5. The number of allylic oxidation sites excluding steroid dienone is 1. The van der Waals surface area contributed by atoms with Crippen molar-refractivity contribution in [2.24, 2.45) is 0 Å². The Morgan fingerprint density at radius 3 is 2.25 bits per heavy atom. The van der Waals surface area contributed by atoms with Gasteiger partial charge >= 0.3 is 0 Å². The SMILES string of the molecule is CC(C)(C)OC=O.N#CC=C1CCNCC1. The molecule has 90 valence electrons. The standard InChI is InChI=1S/C7H10N2.C5H10O2/c8-4-1-7-2-5-9-6-3-7;1-5(2,3)7-4-6/h1,9H,2-3,5-6H2;4H,1-3H3. The molecule has 0 spiro atoms. The molecule has 0 atom stereocenters. The Balaban J connectivity index is 0.000000293. The Hall–Kier alpha value is -1.34. The van der Waals surface area contributed by atoms with E-state index in [9.17, 15) is 4.79 Å². The molecule has 1 aliphatic heterocycles. The fraction of sp³-hybridized carbons (Fsp3) is 0.667. The molecule has 0 amide bonds. The third-order valence-corrected chi connectivity index (χ3v) is 1.92. The van der Waals surface area contributed by atoms with Crippen molar-refractivity contribution in [2.45, 2.75) is 39.2 Å². The maximum atomic E-state index is 9.60. The molecule has 4 heteroatoms. The van der Waals surface area contributed by atoms with E-state index in [1.807, 2.05) is 26.8 Å². The summed E-state index contributed by atoms with van der Waals surface area (Å²) in [4.78, 5) is 9.60. The van der Waals surface area contributed by atoms with Crippen LogP contribution >= 0.6 is 0 Å². The number of rotatable bonds is 1. The van der Waals surface area contributed by atoms with E-state index >= 15 is 0 Å². The first-order valence-electron chi connectivity index (χ1n) is 5.39. The molecule has 1 rings (SSSR count). The average molecular weight is 224 g/mol. The molecular weight excluding hydrogens is 204 g/mol. The van der Waals surface area contributed by atoms with Crippen LogP contribution < -0.4 is 5.32 Å². The molecule has 0 radical (unpaired) electrons. The van der Waals surface area contributed by atoms with E-state index in [1.165, 1.54) is 5.57 Å². The Bertz CT molecular complexity index is 264. The van der Waals surface area contributed by atoms with Gasteiger partial charge in [-0.05, 0) is 46.7 Å². The first kappa shape index (κ1) is 14.7. The van der Waals surface area contributed by atoms with Crippen LogP contribution in [0.3, 0.4) is 0 Å². The molecule has 16 heavy (non-hydrogen) atoms. The van der Waals surface area contributed by atoms with Crippen molar-refractivity contribution in [3.05, 3.63) is 11.6 Å². The van der Waals surface area contributed by atoms with Crippen molar-refractivity contribution in [1.29, 1.82) is 5.26 Å². The maximum Gasteiger partial charge on any atom is 0.293 e. The highest BCUT2D eigenvalue weighted by Gasteiger charge is 2.07. The fourth-order valence-corrected chi connectivity index (χ4v) is 1.13. The minimum atomic E-state index is -0.318. The molecule has 1 heterocycles. The number of piperidine rings is 1. The van der Waals surface area contributed by atoms with Gasteiger partial charge in [0.2, 0.25) is 0 Å². The van der Waals surface area contributed by atoms with Gasteiger partial charge in [-0.2, -0.15) is 5.26 Å². The van der Waals surface area contributed by atoms with E-state index in [0.29, 0.717) is 6.47 Å². The van der Waals surface area contributed by atoms with Gasteiger partial charge in [0.25, 0.3) is 6.47 Å². The predicted molar refractivity (Wildman–Crippen MR) is 62.7 cm³/mol. The summed E-state index contributed by atoms with van der Waals surface area (Å²) >= 11 is 0. The Kier molecular flexibility index (Phi) is 7.23. The van der Waals surface area contributed by atoms with E-state index in [0.717, 1.165) is 25.9 Å². The molecule has 0 aromatic rings. The Morgan fingerprint density at radius 2 is 1.94 bits per heavy atom. The zero-order valence-corrected chi connectivity index (χ0v) is 10.2. The lowest BCUT2D eigenvalue weighted by atomic mass is 10.1.